The van der Waals surface area contributed by atoms with Crippen LogP contribution in [0, 0.1) is 17.5 Å². The first kappa shape index (κ1) is 28.2. The quantitative estimate of drug-likeness (QED) is 0.250. The fourth-order valence-corrected chi connectivity index (χ4v) is 6.38. The summed E-state index contributed by atoms with van der Waals surface area (Å²) >= 11 is 1.52. The van der Waals surface area contributed by atoms with Crippen molar-refractivity contribution in [2.45, 2.75) is 51.5 Å². The molecular weight excluding hydrogens is 586 g/mol. The lowest BCUT2D eigenvalue weighted by atomic mass is 10.1. The standard InChI is InChI=1S/C26H24F6N8OS/c1-2-3-15-10-16-21(38-6-7-40-19(12-38)36-37-24(40)26(30,31)32)34-25(35-23(16)42-15)39-5-4-14(11-39)33-22(41)13-8-17(27)20(29)18(28)9-13/h8-10,14H,2-7,11-12H2,1H3,(H,33,41). The number of aromatic nitrogens is 5. The molecule has 42 heavy (non-hydrogen) atoms. The van der Waals surface area contributed by atoms with E-state index in [0.29, 0.717) is 43.4 Å². The smallest absolute Gasteiger partial charge is 0.347 e. The van der Waals surface area contributed by atoms with Crippen molar-refractivity contribution in [2.24, 2.45) is 0 Å². The molecule has 3 aromatic heterocycles. The van der Waals surface area contributed by atoms with E-state index in [-0.39, 0.29) is 31.0 Å². The summed E-state index contributed by atoms with van der Waals surface area (Å²) in [6, 6.07) is 2.90. The third kappa shape index (κ3) is 5.23. The van der Waals surface area contributed by atoms with Gasteiger partial charge < -0.3 is 19.7 Å². The van der Waals surface area contributed by atoms with Crippen LogP contribution in [0.15, 0.2) is 18.2 Å². The first-order chi connectivity index (χ1) is 20.0. The molecule has 0 bridgehead atoms. The molecule has 1 N–H and O–H groups in total. The maximum absolute atomic E-state index is 13.6. The second-order valence-electron chi connectivity index (χ2n) is 10.2. The number of aryl methyl sites for hydroxylation is 1. The van der Waals surface area contributed by atoms with Gasteiger partial charge in [0.05, 0.1) is 11.9 Å². The number of fused-ring (bicyclic) bond motifs is 2. The van der Waals surface area contributed by atoms with Crippen LogP contribution in [0.2, 0.25) is 0 Å². The average molecular weight is 611 g/mol. The molecule has 4 aromatic rings. The van der Waals surface area contributed by atoms with E-state index in [4.69, 9.17) is 9.97 Å². The maximum Gasteiger partial charge on any atom is 0.451 e. The van der Waals surface area contributed by atoms with Crippen molar-refractivity contribution in [1.82, 2.24) is 30.0 Å². The highest BCUT2D eigenvalue weighted by molar-refractivity contribution is 7.18. The fourth-order valence-electron chi connectivity index (χ4n) is 5.26. The van der Waals surface area contributed by atoms with Gasteiger partial charge in [0, 0.05) is 42.7 Å². The van der Waals surface area contributed by atoms with Gasteiger partial charge in [-0.2, -0.15) is 18.2 Å². The summed E-state index contributed by atoms with van der Waals surface area (Å²) < 4.78 is 81.7. The SMILES string of the molecule is CCCc1cc2c(N3CCn4c(nnc4C(F)(F)F)C3)nc(N3CCC(NC(=O)c4cc(F)c(F)c(F)c4)C3)nc2s1. The van der Waals surface area contributed by atoms with Crippen molar-refractivity contribution in [1.29, 1.82) is 0 Å². The second-order valence-corrected chi connectivity index (χ2v) is 11.3. The lowest BCUT2D eigenvalue weighted by molar-refractivity contribution is -0.147. The Labute approximate surface area is 239 Å². The molecule has 0 spiro atoms. The van der Waals surface area contributed by atoms with E-state index in [0.717, 1.165) is 32.5 Å². The molecule has 2 aliphatic heterocycles. The van der Waals surface area contributed by atoms with Gasteiger partial charge in [0.25, 0.3) is 5.91 Å². The van der Waals surface area contributed by atoms with Gasteiger partial charge in [-0.1, -0.05) is 13.3 Å². The zero-order valence-electron chi connectivity index (χ0n) is 22.2. The predicted molar refractivity (Wildman–Crippen MR) is 142 cm³/mol. The molecular formula is C26H24F6N8OS. The Balaban J connectivity index is 1.26. The van der Waals surface area contributed by atoms with E-state index >= 15 is 0 Å². The van der Waals surface area contributed by atoms with Gasteiger partial charge in [0.2, 0.25) is 11.8 Å². The molecule has 0 saturated carbocycles. The minimum absolute atomic E-state index is 0.0341. The van der Waals surface area contributed by atoms with E-state index in [9.17, 15) is 31.1 Å². The van der Waals surface area contributed by atoms with Crippen LogP contribution in [-0.2, 0) is 25.7 Å². The first-order valence-corrected chi connectivity index (χ1v) is 14.1. The largest absolute Gasteiger partial charge is 0.451 e. The Bertz CT molecular complexity index is 1650. The van der Waals surface area contributed by atoms with Crippen molar-refractivity contribution < 1.29 is 31.1 Å². The van der Waals surface area contributed by atoms with Gasteiger partial charge in [-0.15, -0.1) is 21.5 Å². The number of alkyl halides is 3. The number of nitrogens with zero attached hydrogens (tertiary/aromatic N) is 7. The molecule has 0 aliphatic carbocycles. The third-order valence-corrected chi connectivity index (χ3v) is 8.36. The highest BCUT2D eigenvalue weighted by atomic mass is 32.1. The number of rotatable bonds is 6. The molecule has 1 aromatic carbocycles. The lowest BCUT2D eigenvalue weighted by Crippen LogP contribution is -2.38. The van der Waals surface area contributed by atoms with Crippen molar-refractivity contribution in [2.75, 3.05) is 29.4 Å². The van der Waals surface area contributed by atoms with Gasteiger partial charge in [0.15, 0.2) is 23.3 Å². The molecule has 5 heterocycles. The van der Waals surface area contributed by atoms with Crippen molar-refractivity contribution >= 4 is 39.2 Å². The molecule has 1 fully saturated rings. The summed E-state index contributed by atoms with van der Waals surface area (Å²) in [5.41, 5.74) is -0.335. The Morgan fingerprint density at radius 2 is 1.81 bits per heavy atom. The Kier molecular flexibility index (Phi) is 7.19. The van der Waals surface area contributed by atoms with Gasteiger partial charge in [-0.05, 0) is 31.0 Å². The van der Waals surface area contributed by atoms with Crippen LogP contribution >= 0.6 is 11.3 Å². The first-order valence-electron chi connectivity index (χ1n) is 13.3. The number of hydrogen-bond donors (Lipinski definition) is 1. The van der Waals surface area contributed by atoms with Gasteiger partial charge in [-0.25, -0.2) is 18.2 Å². The van der Waals surface area contributed by atoms with Crippen molar-refractivity contribution in [3.05, 3.63) is 57.7 Å². The predicted octanol–water partition coefficient (Wildman–Crippen LogP) is 4.70. The number of nitrogens with one attached hydrogen (secondary N) is 1. The molecule has 2 aliphatic rings. The van der Waals surface area contributed by atoms with E-state index in [1.54, 1.807) is 0 Å². The van der Waals surface area contributed by atoms with Crippen LogP contribution in [0.5, 0.6) is 0 Å². The maximum atomic E-state index is 13.6. The summed E-state index contributed by atoms with van der Waals surface area (Å²) in [7, 11) is 0. The van der Waals surface area contributed by atoms with Gasteiger partial charge in [0.1, 0.15) is 10.6 Å². The highest BCUT2D eigenvalue weighted by Gasteiger charge is 2.40. The topological polar surface area (TPSA) is 92.1 Å². The summed E-state index contributed by atoms with van der Waals surface area (Å²) in [6.07, 6.45) is -2.36. The summed E-state index contributed by atoms with van der Waals surface area (Å²) in [6.45, 7) is 3.20. The van der Waals surface area contributed by atoms with Crippen LogP contribution in [0.4, 0.5) is 38.1 Å². The van der Waals surface area contributed by atoms with Crippen LogP contribution in [0.3, 0.4) is 0 Å². The number of anilines is 2. The Morgan fingerprint density at radius 1 is 1.05 bits per heavy atom. The number of amides is 1. The molecule has 1 unspecified atom stereocenters. The molecule has 1 amide bonds. The zero-order chi connectivity index (χ0) is 29.8. The Morgan fingerprint density at radius 3 is 2.52 bits per heavy atom. The van der Waals surface area contributed by atoms with Crippen molar-refractivity contribution in [3.8, 4) is 0 Å². The molecule has 1 saturated heterocycles. The molecule has 222 valence electrons. The second kappa shape index (κ2) is 10.7. The number of thiophene rings is 1. The molecule has 16 heteroatoms. The highest BCUT2D eigenvalue weighted by Crippen LogP contribution is 2.36. The number of carbonyl (C=O) groups excluding carboxylic acids is 1. The molecule has 9 nitrogen and oxygen atoms in total. The van der Waals surface area contributed by atoms with Gasteiger partial charge >= 0.3 is 6.18 Å². The minimum Gasteiger partial charge on any atom is -0.347 e. The number of benzene rings is 1. The summed E-state index contributed by atoms with van der Waals surface area (Å²) in [4.78, 5) is 27.8. The van der Waals surface area contributed by atoms with Crippen LogP contribution in [-0.4, -0.2) is 56.3 Å². The normalized spacial score (nSPS) is 17.3. The molecule has 1 atom stereocenters. The average Bonchev–Trinajstić information content (AvgIpc) is 3.68. The van der Waals surface area contributed by atoms with E-state index in [1.165, 1.54) is 11.3 Å². The number of halogens is 6. The molecule has 0 radical (unpaired) electrons. The zero-order valence-corrected chi connectivity index (χ0v) is 23.0. The van der Waals surface area contributed by atoms with E-state index in [1.807, 2.05) is 15.9 Å². The third-order valence-electron chi connectivity index (χ3n) is 7.27. The Hall–Kier alpha value is -3.95. The summed E-state index contributed by atoms with van der Waals surface area (Å²) in [5.74, 6) is -5.17. The minimum atomic E-state index is -4.61. The van der Waals surface area contributed by atoms with Crippen molar-refractivity contribution in [3.63, 3.8) is 0 Å². The van der Waals surface area contributed by atoms with Gasteiger partial charge in [-0.3, -0.25) is 4.79 Å². The summed E-state index contributed by atoms with van der Waals surface area (Å²) in [5, 5.41) is 10.7. The monoisotopic (exact) mass is 610 g/mol. The van der Waals surface area contributed by atoms with Crippen LogP contribution < -0.4 is 15.1 Å². The molecule has 6 rings (SSSR count). The number of hydrogen-bond acceptors (Lipinski definition) is 8. The van der Waals surface area contributed by atoms with E-state index < -0.39 is 41.4 Å². The number of carbonyl (C=O) groups is 1. The van der Waals surface area contributed by atoms with E-state index in [2.05, 4.69) is 22.4 Å². The van der Waals surface area contributed by atoms with Crippen LogP contribution in [0.1, 0.15) is 46.6 Å². The van der Waals surface area contributed by atoms with Crippen LogP contribution in [0.25, 0.3) is 10.2 Å². The fraction of sp³-hybridized carbons (Fsp3) is 0.423. The lowest BCUT2D eigenvalue weighted by Gasteiger charge is -2.30.